The molecule has 2 aromatic rings. The van der Waals surface area contributed by atoms with Crippen LogP contribution in [-0.2, 0) is 13.5 Å². The first-order valence-corrected chi connectivity index (χ1v) is 5.64. The van der Waals surface area contributed by atoms with Crippen LogP contribution in [0.15, 0.2) is 24.5 Å². The Labute approximate surface area is 101 Å². The Morgan fingerprint density at radius 2 is 2.29 bits per heavy atom. The molecule has 2 aromatic heterocycles. The van der Waals surface area contributed by atoms with Gasteiger partial charge in [-0.2, -0.15) is 0 Å². The molecular weight excluding hydrogens is 214 g/mol. The molecule has 2 heterocycles. The smallest absolute Gasteiger partial charge is 0.0845 e. The Balaban J connectivity index is 2.20. The molecule has 2 rings (SSSR count). The van der Waals surface area contributed by atoms with Crippen LogP contribution in [0.1, 0.15) is 23.0 Å². The lowest BCUT2D eigenvalue weighted by molar-refractivity contribution is 0.577. The first kappa shape index (κ1) is 11.7. The third-order valence-electron chi connectivity index (χ3n) is 2.84. The molecule has 17 heavy (non-hydrogen) atoms. The minimum Gasteiger partial charge on any atom is -0.313 e. The van der Waals surface area contributed by atoms with Crippen LogP contribution in [0.4, 0.5) is 0 Å². The summed E-state index contributed by atoms with van der Waals surface area (Å²) in [5, 5.41) is 11.4. The molecule has 0 radical (unpaired) electrons. The maximum absolute atomic E-state index is 4.31. The van der Waals surface area contributed by atoms with E-state index in [0.29, 0.717) is 0 Å². The van der Waals surface area contributed by atoms with Crippen molar-refractivity contribution in [1.29, 1.82) is 0 Å². The van der Waals surface area contributed by atoms with E-state index in [2.05, 4.69) is 26.7 Å². The number of aryl methyl sites for hydroxylation is 2. The Morgan fingerprint density at radius 3 is 2.88 bits per heavy atom. The monoisotopic (exact) mass is 231 g/mol. The normalized spacial score (nSPS) is 12.6. The van der Waals surface area contributed by atoms with Crippen molar-refractivity contribution in [2.45, 2.75) is 19.4 Å². The largest absolute Gasteiger partial charge is 0.313 e. The molecule has 0 aliphatic rings. The molecule has 0 aliphatic heterocycles. The topological polar surface area (TPSA) is 55.6 Å². The van der Waals surface area contributed by atoms with Crippen molar-refractivity contribution in [2.24, 2.45) is 7.05 Å². The van der Waals surface area contributed by atoms with Gasteiger partial charge in [0.2, 0.25) is 0 Å². The summed E-state index contributed by atoms with van der Waals surface area (Å²) in [6, 6.07) is 4.28. The van der Waals surface area contributed by atoms with Crippen LogP contribution < -0.4 is 5.32 Å². The molecule has 0 spiro atoms. The molecule has 90 valence electrons. The van der Waals surface area contributed by atoms with E-state index in [1.165, 1.54) is 5.56 Å². The Morgan fingerprint density at radius 1 is 1.47 bits per heavy atom. The van der Waals surface area contributed by atoms with Gasteiger partial charge in [0.05, 0.1) is 5.69 Å². The highest BCUT2D eigenvalue weighted by molar-refractivity contribution is 5.23. The molecule has 5 nitrogen and oxygen atoms in total. The second-order valence-corrected chi connectivity index (χ2v) is 4.11. The summed E-state index contributed by atoms with van der Waals surface area (Å²) in [5.74, 6) is 0. The fourth-order valence-corrected chi connectivity index (χ4v) is 1.93. The molecule has 1 unspecified atom stereocenters. The minimum atomic E-state index is 0.223. The first-order chi connectivity index (χ1) is 8.20. The van der Waals surface area contributed by atoms with Gasteiger partial charge in [0, 0.05) is 37.6 Å². The lowest BCUT2D eigenvalue weighted by atomic mass is 10.0. The highest BCUT2D eigenvalue weighted by Gasteiger charge is 2.14. The van der Waals surface area contributed by atoms with Crippen LogP contribution in [0, 0.1) is 6.92 Å². The van der Waals surface area contributed by atoms with Crippen molar-refractivity contribution < 1.29 is 0 Å². The van der Waals surface area contributed by atoms with E-state index in [-0.39, 0.29) is 6.04 Å². The van der Waals surface area contributed by atoms with Gasteiger partial charge in [-0.1, -0.05) is 11.3 Å². The number of rotatable bonds is 4. The predicted octanol–water partition coefficient (Wildman–Crippen LogP) is 1.02. The highest BCUT2D eigenvalue weighted by Crippen LogP contribution is 2.18. The maximum atomic E-state index is 4.31. The lowest BCUT2D eigenvalue weighted by Crippen LogP contribution is -2.20. The van der Waals surface area contributed by atoms with Crippen LogP contribution in [0.5, 0.6) is 0 Å². The van der Waals surface area contributed by atoms with Gasteiger partial charge >= 0.3 is 0 Å². The van der Waals surface area contributed by atoms with E-state index in [9.17, 15) is 0 Å². The number of hydrogen-bond donors (Lipinski definition) is 1. The summed E-state index contributed by atoms with van der Waals surface area (Å²) >= 11 is 0. The van der Waals surface area contributed by atoms with Crippen LogP contribution >= 0.6 is 0 Å². The average molecular weight is 231 g/mol. The third-order valence-corrected chi connectivity index (χ3v) is 2.84. The molecule has 1 N–H and O–H groups in total. The molecule has 0 aliphatic carbocycles. The van der Waals surface area contributed by atoms with Gasteiger partial charge in [0.25, 0.3) is 0 Å². The molecule has 0 saturated heterocycles. The molecule has 0 aromatic carbocycles. The zero-order valence-corrected chi connectivity index (χ0v) is 10.4. The molecular formula is C12H17N5. The van der Waals surface area contributed by atoms with Crippen LogP contribution in [-0.4, -0.2) is 27.0 Å². The number of aromatic nitrogens is 4. The molecule has 0 bridgehead atoms. The molecule has 1 atom stereocenters. The number of nitrogens with one attached hydrogen (secondary N) is 1. The van der Waals surface area contributed by atoms with Crippen LogP contribution in [0.25, 0.3) is 0 Å². The highest BCUT2D eigenvalue weighted by atomic mass is 15.4. The number of nitrogens with zero attached hydrogens (tertiary/aromatic N) is 4. The quantitative estimate of drug-likeness (QED) is 0.853. The summed E-state index contributed by atoms with van der Waals surface area (Å²) in [6.07, 6.45) is 4.57. The SMILES string of the molecule is CNC(Cc1cn(C)nn1)c1cccnc1C. The maximum Gasteiger partial charge on any atom is 0.0845 e. The standard InChI is InChI=1S/C12H17N5/c1-9-11(5-4-6-14-9)12(13-2)7-10-8-17(3)16-15-10/h4-6,8,12-13H,7H2,1-3H3. The average Bonchev–Trinajstić information content (AvgIpc) is 2.73. The van der Waals surface area contributed by atoms with Gasteiger partial charge in [-0.3, -0.25) is 9.67 Å². The zero-order valence-electron chi connectivity index (χ0n) is 10.4. The Bertz CT molecular complexity index is 491. The van der Waals surface area contributed by atoms with Crippen molar-refractivity contribution in [3.05, 3.63) is 41.5 Å². The van der Waals surface area contributed by atoms with Gasteiger partial charge in [-0.05, 0) is 25.6 Å². The lowest BCUT2D eigenvalue weighted by Gasteiger charge is -2.16. The van der Waals surface area contributed by atoms with Crippen molar-refractivity contribution in [2.75, 3.05) is 7.05 Å². The van der Waals surface area contributed by atoms with E-state index in [0.717, 1.165) is 17.8 Å². The molecule has 0 saturated carbocycles. The van der Waals surface area contributed by atoms with E-state index in [1.54, 1.807) is 4.68 Å². The third kappa shape index (κ3) is 2.68. The summed E-state index contributed by atoms with van der Waals surface area (Å²) < 4.78 is 1.72. The van der Waals surface area contributed by atoms with Crippen molar-refractivity contribution in [1.82, 2.24) is 25.3 Å². The van der Waals surface area contributed by atoms with E-state index in [1.807, 2.05) is 39.5 Å². The summed E-state index contributed by atoms with van der Waals surface area (Å²) in [4.78, 5) is 4.31. The number of hydrogen-bond acceptors (Lipinski definition) is 4. The van der Waals surface area contributed by atoms with Crippen molar-refractivity contribution in [3.63, 3.8) is 0 Å². The molecule has 0 amide bonds. The second kappa shape index (κ2) is 5.05. The van der Waals surface area contributed by atoms with E-state index < -0.39 is 0 Å². The van der Waals surface area contributed by atoms with Gasteiger partial charge in [0.1, 0.15) is 0 Å². The minimum absolute atomic E-state index is 0.223. The van der Waals surface area contributed by atoms with Gasteiger partial charge < -0.3 is 5.32 Å². The van der Waals surface area contributed by atoms with Gasteiger partial charge in [-0.25, -0.2) is 0 Å². The fraction of sp³-hybridized carbons (Fsp3) is 0.417. The van der Waals surface area contributed by atoms with Crippen LogP contribution in [0.2, 0.25) is 0 Å². The summed E-state index contributed by atoms with van der Waals surface area (Å²) in [5.41, 5.74) is 3.24. The number of likely N-dealkylation sites (N-methyl/N-ethyl adjacent to an activating group) is 1. The van der Waals surface area contributed by atoms with Gasteiger partial charge in [0.15, 0.2) is 0 Å². The number of pyridine rings is 1. The fourth-order valence-electron chi connectivity index (χ4n) is 1.93. The van der Waals surface area contributed by atoms with E-state index >= 15 is 0 Å². The molecule has 0 fully saturated rings. The molecule has 5 heteroatoms. The Hall–Kier alpha value is -1.75. The summed E-state index contributed by atoms with van der Waals surface area (Å²) in [7, 11) is 3.83. The van der Waals surface area contributed by atoms with Crippen molar-refractivity contribution in [3.8, 4) is 0 Å². The summed E-state index contributed by atoms with van der Waals surface area (Å²) in [6.45, 7) is 2.02. The second-order valence-electron chi connectivity index (χ2n) is 4.11. The predicted molar refractivity (Wildman–Crippen MR) is 65.5 cm³/mol. The van der Waals surface area contributed by atoms with E-state index in [4.69, 9.17) is 0 Å². The van der Waals surface area contributed by atoms with Crippen LogP contribution in [0.3, 0.4) is 0 Å². The van der Waals surface area contributed by atoms with Crippen molar-refractivity contribution >= 4 is 0 Å². The first-order valence-electron chi connectivity index (χ1n) is 5.64. The van der Waals surface area contributed by atoms with Gasteiger partial charge in [-0.15, -0.1) is 5.10 Å². The Kier molecular flexibility index (Phi) is 3.49. The zero-order chi connectivity index (χ0) is 12.3.